The van der Waals surface area contributed by atoms with Crippen molar-refractivity contribution >= 4 is 0 Å². The summed E-state index contributed by atoms with van der Waals surface area (Å²) >= 11 is 0. The van der Waals surface area contributed by atoms with Crippen molar-refractivity contribution in [1.82, 2.24) is 0 Å². The fourth-order valence-electron chi connectivity index (χ4n) is 1.47. The molecule has 1 aromatic carbocycles. The van der Waals surface area contributed by atoms with E-state index in [-0.39, 0.29) is 5.54 Å². The minimum absolute atomic E-state index is 0.234. The van der Waals surface area contributed by atoms with Crippen LogP contribution in [0.15, 0.2) is 24.3 Å². The highest BCUT2D eigenvalue weighted by molar-refractivity contribution is 5.31. The first-order chi connectivity index (χ1) is 7.60. The van der Waals surface area contributed by atoms with Crippen molar-refractivity contribution in [1.29, 1.82) is 0 Å². The zero-order valence-corrected chi connectivity index (χ0v) is 10.6. The number of hydrogen-bond acceptors (Lipinski definition) is 2. The highest BCUT2D eigenvalue weighted by atomic mass is 16.5. The second-order valence-corrected chi connectivity index (χ2v) is 4.50. The quantitative estimate of drug-likeness (QED) is 0.747. The fraction of sp³-hybridized carbons (Fsp3) is 0.571. The van der Waals surface area contributed by atoms with Gasteiger partial charge in [-0.15, -0.1) is 0 Å². The monoisotopic (exact) mass is 221 g/mol. The first kappa shape index (κ1) is 13.0. The van der Waals surface area contributed by atoms with E-state index in [0.717, 1.165) is 37.2 Å². The van der Waals surface area contributed by atoms with Crippen LogP contribution in [0.2, 0.25) is 0 Å². The minimum atomic E-state index is -0.234. The first-order valence-electron chi connectivity index (χ1n) is 6.12. The molecule has 0 saturated carbocycles. The van der Waals surface area contributed by atoms with Gasteiger partial charge in [0.1, 0.15) is 5.75 Å². The number of ether oxygens (including phenoxy) is 1. The minimum Gasteiger partial charge on any atom is -0.494 e. The molecule has 0 heterocycles. The van der Waals surface area contributed by atoms with Crippen molar-refractivity contribution < 1.29 is 4.74 Å². The van der Waals surface area contributed by atoms with Gasteiger partial charge < -0.3 is 10.5 Å². The summed E-state index contributed by atoms with van der Waals surface area (Å²) in [5.74, 6) is 0.934. The van der Waals surface area contributed by atoms with Crippen LogP contribution in [-0.4, -0.2) is 6.61 Å². The first-order valence-corrected chi connectivity index (χ1v) is 6.12. The maximum absolute atomic E-state index is 6.17. The van der Waals surface area contributed by atoms with Gasteiger partial charge >= 0.3 is 0 Å². The summed E-state index contributed by atoms with van der Waals surface area (Å²) in [6, 6.07) is 8.13. The van der Waals surface area contributed by atoms with Gasteiger partial charge in [-0.05, 0) is 37.5 Å². The van der Waals surface area contributed by atoms with E-state index in [1.165, 1.54) is 0 Å². The Hall–Kier alpha value is -1.02. The van der Waals surface area contributed by atoms with Crippen LogP contribution >= 0.6 is 0 Å². The Balaban J connectivity index is 2.61. The van der Waals surface area contributed by atoms with Gasteiger partial charge in [0, 0.05) is 5.54 Å². The summed E-state index contributed by atoms with van der Waals surface area (Å²) in [7, 11) is 0. The number of nitrogens with two attached hydrogens (primary N) is 1. The molecule has 0 amide bonds. The van der Waals surface area contributed by atoms with Crippen molar-refractivity contribution in [2.75, 3.05) is 6.61 Å². The Labute approximate surface area is 98.8 Å². The van der Waals surface area contributed by atoms with Crippen molar-refractivity contribution in [3.05, 3.63) is 29.8 Å². The van der Waals surface area contributed by atoms with Crippen LogP contribution in [0.1, 0.15) is 45.6 Å². The number of benzene rings is 1. The number of hydrogen-bond donors (Lipinski definition) is 1. The predicted octanol–water partition coefficient (Wildman–Crippen LogP) is 3.45. The van der Waals surface area contributed by atoms with Crippen molar-refractivity contribution in [3.8, 4) is 5.75 Å². The van der Waals surface area contributed by atoms with Crippen molar-refractivity contribution in [2.45, 2.75) is 45.6 Å². The van der Waals surface area contributed by atoms with Crippen molar-refractivity contribution in [3.63, 3.8) is 0 Å². The predicted molar refractivity (Wildman–Crippen MR) is 68.7 cm³/mol. The Morgan fingerprint density at radius 2 is 1.81 bits per heavy atom. The Morgan fingerprint density at radius 3 is 2.31 bits per heavy atom. The van der Waals surface area contributed by atoms with Crippen LogP contribution in [0.4, 0.5) is 0 Å². The molecule has 0 radical (unpaired) electrons. The van der Waals surface area contributed by atoms with Crippen molar-refractivity contribution in [2.24, 2.45) is 5.73 Å². The molecule has 16 heavy (non-hydrogen) atoms. The maximum Gasteiger partial charge on any atom is 0.119 e. The van der Waals surface area contributed by atoms with Gasteiger partial charge in [0.05, 0.1) is 6.61 Å². The molecule has 1 atom stereocenters. The molecule has 1 unspecified atom stereocenters. The maximum atomic E-state index is 6.17. The molecule has 0 aromatic heterocycles. The van der Waals surface area contributed by atoms with Gasteiger partial charge in [-0.1, -0.05) is 32.4 Å². The molecule has 1 rings (SSSR count). The van der Waals surface area contributed by atoms with E-state index in [1.54, 1.807) is 0 Å². The average molecular weight is 221 g/mol. The van der Waals surface area contributed by atoms with E-state index in [4.69, 9.17) is 10.5 Å². The molecule has 0 spiro atoms. The third-order valence-corrected chi connectivity index (χ3v) is 3.01. The van der Waals surface area contributed by atoms with Gasteiger partial charge in [-0.3, -0.25) is 0 Å². The van der Waals surface area contributed by atoms with E-state index in [1.807, 2.05) is 12.1 Å². The molecule has 2 heteroatoms. The van der Waals surface area contributed by atoms with Gasteiger partial charge in [-0.25, -0.2) is 0 Å². The summed E-state index contributed by atoms with van der Waals surface area (Å²) in [4.78, 5) is 0. The third kappa shape index (κ3) is 3.53. The topological polar surface area (TPSA) is 35.2 Å². The fourth-order valence-corrected chi connectivity index (χ4v) is 1.47. The second-order valence-electron chi connectivity index (χ2n) is 4.50. The molecule has 1 aromatic rings. The van der Waals surface area contributed by atoms with E-state index in [9.17, 15) is 0 Å². The van der Waals surface area contributed by atoms with Crippen LogP contribution in [0.5, 0.6) is 5.75 Å². The molecular formula is C14H23NO. The van der Waals surface area contributed by atoms with Crippen LogP contribution in [0, 0.1) is 0 Å². The van der Waals surface area contributed by atoms with Gasteiger partial charge in [0.15, 0.2) is 0 Å². The summed E-state index contributed by atoms with van der Waals surface area (Å²) in [6.07, 6.45) is 3.20. The summed E-state index contributed by atoms with van der Waals surface area (Å²) in [5.41, 5.74) is 7.10. The van der Waals surface area contributed by atoms with Crippen LogP contribution in [0.25, 0.3) is 0 Å². The van der Waals surface area contributed by atoms with Crippen LogP contribution in [-0.2, 0) is 5.54 Å². The lowest BCUT2D eigenvalue weighted by atomic mass is 9.91. The smallest absolute Gasteiger partial charge is 0.119 e. The van der Waals surface area contributed by atoms with Crippen LogP contribution in [0.3, 0.4) is 0 Å². The van der Waals surface area contributed by atoms with Gasteiger partial charge in [0.25, 0.3) is 0 Å². The molecule has 2 nitrogen and oxygen atoms in total. The molecule has 0 aliphatic heterocycles. The number of unbranched alkanes of at least 4 members (excludes halogenated alkanes) is 1. The van der Waals surface area contributed by atoms with Crippen LogP contribution < -0.4 is 10.5 Å². The molecular weight excluding hydrogens is 198 g/mol. The normalized spacial score (nSPS) is 14.5. The molecule has 90 valence electrons. The van der Waals surface area contributed by atoms with E-state index >= 15 is 0 Å². The second kappa shape index (κ2) is 5.90. The molecule has 0 aliphatic carbocycles. The summed E-state index contributed by atoms with van der Waals surface area (Å²) < 4.78 is 5.61. The van der Waals surface area contributed by atoms with E-state index in [2.05, 4.69) is 32.9 Å². The molecule has 0 bridgehead atoms. The average Bonchev–Trinajstić information content (AvgIpc) is 2.30. The van der Waals surface area contributed by atoms with Gasteiger partial charge in [-0.2, -0.15) is 0 Å². The third-order valence-electron chi connectivity index (χ3n) is 3.01. The largest absolute Gasteiger partial charge is 0.494 e. The molecule has 0 fully saturated rings. The van der Waals surface area contributed by atoms with E-state index < -0.39 is 0 Å². The lowest BCUT2D eigenvalue weighted by Crippen LogP contribution is -2.31. The Bertz CT molecular complexity index is 303. The number of rotatable bonds is 6. The zero-order valence-electron chi connectivity index (χ0n) is 10.6. The highest BCUT2D eigenvalue weighted by Crippen LogP contribution is 2.23. The highest BCUT2D eigenvalue weighted by Gasteiger charge is 2.17. The Kier molecular flexibility index (Phi) is 4.81. The lowest BCUT2D eigenvalue weighted by molar-refractivity contribution is 0.309. The SMILES string of the molecule is CCCCOc1ccc(C(C)(N)CC)cc1. The van der Waals surface area contributed by atoms with Gasteiger partial charge in [0.2, 0.25) is 0 Å². The molecule has 0 saturated heterocycles. The Morgan fingerprint density at radius 1 is 1.19 bits per heavy atom. The summed E-state index contributed by atoms with van der Waals surface area (Å²) in [5, 5.41) is 0. The summed E-state index contributed by atoms with van der Waals surface area (Å²) in [6.45, 7) is 7.11. The zero-order chi connectivity index (χ0) is 12.0. The standard InChI is InChI=1S/C14H23NO/c1-4-6-11-16-13-9-7-12(8-10-13)14(3,15)5-2/h7-10H,4-6,11,15H2,1-3H3. The molecule has 2 N–H and O–H groups in total. The van der Waals surface area contributed by atoms with E-state index in [0.29, 0.717) is 0 Å². The lowest BCUT2D eigenvalue weighted by Gasteiger charge is -2.23. The molecule has 0 aliphatic rings.